The highest BCUT2D eigenvalue weighted by atomic mass is 15.1. The summed E-state index contributed by atoms with van der Waals surface area (Å²) in [6.45, 7) is 2.65. The second kappa shape index (κ2) is 5.14. The van der Waals surface area contributed by atoms with E-state index in [4.69, 9.17) is 11.0 Å². The van der Waals surface area contributed by atoms with Gasteiger partial charge in [-0.15, -0.1) is 0 Å². The van der Waals surface area contributed by atoms with E-state index in [1.165, 1.54) is 0 Å². The highest BCUT2D eigenvalue weighted by Gasteiger charge is 1.98. The van der Waals surface area contributed by atoms with E-state index < -0.39 is 0 Å². The van der Waals surface area contributed by atoms with E-state index >= 15 is 0 Å². The quantitative estimate of drug-likeness (QED) is 0.723. The molecule has 1 heterocycles. The van der Waals surface area contributed by atoms with Crippen LogP contribution in [0.15, 0.2) is 12.3 Å². The van der Waals surface area contributed by atoms with E-state index in [0.29, 0.717) is 18.2 Å². The zero-order chi connectivity index (χ0) is 10.4. The number of nitrogens with zero attached hydrogens (tertiary/aromatic N) is 3. The molecule has 14 heavy (non-hydrogen) atoms. The van der Waals surface area contributed by atoms with Gasteiger partial charge in [0.2, 0.25) is 5.95 Å². The van der Waals surface area contributed by atoms with Gasteiger partial charge in [-0.25, -0.2) is 9.97 Å². The van der Waals surface area contributed by atoms with Gasteiger partial charge in [-0.1, -0.05) is 0 Å². The summed E-state index contributed by atoms with van der Waals surface area (Å²) in [6.07, 6.45) is 2.40. The maximum Gasteiger partial charge on any atom is 0.223 e. The van der Waals surface area contributed by atoms with Gasteiger partial charge >= 0.3 is 0 Å². The Bertz CT molecular complexity index is 328. The Morgan fingerprint density at radius 2 is 2.50 bits per heavy atom. The summed E-state index contributed by atoms with van der Waals surface area (Å²) < 4.78 is 0. The molecule has 5 nitrogen and oxygen atoms in total. The fraction of sp³-hybridized carbons (Fsp3) is 0.444. The molecule has 0 radical (unpaired) electrons. The molecule has 0 saturated heterocycles. The molecule has 0 saturated carbocycles. The van der Waals surface area contributed by atoms with Crippen LogP contribution in [0.4, 0.5) is 5.95 Å². The van der Waals surface area contributed by atoms with Crippen LogP contribution in [-0.4, -0.2) is 22.6 Å². The van der Waals surface area contributed by atoms with E-state index in [0.717, 1.165) is 6.42 Å². The van der Waals surface area contributed by atoms with Crippen molar-refractivity contribution in [2.24, 2.45) is 5.73 Å². The molecular formula is C9H13N5. The average molecular weight is 191 g/mol. The zero-order valence-corrected chi connectivity index (χ0v) is 8.07. The molecule has 0 aliphatic rings. The highest BCUT2D eigenvalue weighted by Crippen LogP contribution is 1.99. The predicted molar refractivity (Wildman–Crippen MR) is 53.5 cm³/mol. The molecule has 1 unspecified atom stereocenters. The van der Waals surface area contributed by atoms with Crippen molar-refractivity contribution in [2.75, 3.05) is 11.9 Å². The highest BCUT2D eigenvalue weighted by molar-refractivity contribution is 5.29. The molecule has 1 atom stereocenters. The van der Waals surface area contributed by atoms with Crippen molar-refractivity contribution in [1.29, 1.82) is 5.26 Å². The predicted octanol–water partition coefficient (Wildman–Crippen LogP) is 0.497. The number of nitrogens with one attached hydrogen (secondary N) is 1. The molecule has 0 aliphatic carbocycles. The van der Waals surface area contributed by atoms with E-state index in [-0.39, 0.29) is 6.04 Å². The molecule has 1 aromatic rings. The molecule has 0 spiro atoms. The van der Waals surface area contributed by atoms with Crippen molar-refractivity contribution in [2.45, 2.75) is 19.4 Å². The summed E-state index contributed by atoms with van der Waals surface area (Å²) in [6, 6.07) is 3.67. The fourth-order valence-electron chi connectivity index (χ4n) is 0.918. The monoisotopic (exact) mass is 191 g/mol. The van der Waals surface area contributed by atoms with Gasteiger partial charge in [0.05, 0.1) is 0 Å². The standard InChI is InChI=1S/C9H13N5/c1-7(11)2-4-12-9-13-5-3-8(6-10)14-9/h3,5,7H,2,4,11H2,1H3,(H,12,13,14). The summed E-state index contributed by atoms with van der Waals surface area (Å²) in [4.78, 5) is 7.93. The van der Waals surface area contributed by atoms with Crippen LogP contribution >= 0.6 is 0 Å². The van der Waals surface area contributed by atoms with Gasteiger partial charge in [0.1, 0.15) is 11.8 Å². The Morgan fingerprint density at radius 1 is 1.71 bits per heavy atom. The van der Waals surface area contributed by atoms with Crippen molar-refractivity contribution in [3.05, 3.63) is 18.0 Å². The first-order valence-electron chi connectivity index (χ1n) is 4.45. The van der Waals surface area contributed by atoms with Gasteiger partial charge in [0, 0.05) is 18.8 Å². The van der Waals surface area contributed by atoms with Crippen molar-refractivity contribution in [3.63, 3.8) is 0 Å². The van der Waals surface area contributed by atoms with E-state index in [2.05, 4.69) is 15.3 Å². The molecule has 3 N–H and O–H groups in total. The second-order valence-electron chi connectivity index (χ2n) is 3.07. The summed E-state index contributed by atoms with van der Waals surface area (Å²) in [5.74, 6) is 0.477. The number of aromatic nitrogens is 2. The van der Waals surface area contributed by atoms with Crippen LogP contribution in [0, 0.1) is 11.3 Å². The number of anilines is 1. The van der Waals surface area contributed by atoms with Crippen molar-refractivity contribution in [3.8, 4) is 6.07 Å². The Balaban J connectivity index is 2.47. The molecule has 0 aromatic carbocycles. The molecule has 0 fully saturated rings. The van der Waals surface area contributed by atoms with Gasteiger partial charge in [0.25, 0.3) is 0 Å². The SMILES string of the molecule is CC(N)CCNc1nccc(C#N)n1. The van der Waals surface area contributed by atoms with Gasteiger partial charge in [-0.2, -0.15) is 5.26 Å². The number of nitriles is 1. The molecule has 0 bridgehead atoms. The fourth-order valence-corrected chi connectivity index (χ4v) is 0.918. The molecule has 5 heteroatoms. The third-order valence-corrected chi connectivity index (χ3v) is 1.65. The minimum atomic E-state index is 0.154. The molecule has 1 rings (SSSR count). The van der Waals surface area contributed by atoms with Gasteiger partial charge in [0.15, 0.2) is 0 Å². The summed E-state index contributed by atoms with van der Waals surface area (Å²) in [7, 11) is 0. The minimum absolute atomic E-state index is 0.154. The largest absolute Gasteiger partial charge is 0.354 e. The molecule has 1 aromatic heterocycles. The Morgan fingerprint density at radius 3 is 3.14 bits per heavy atom. The van der Waals surface area contributed by atoms with Gasteiger partial charge in [-0.3, -0.25) is 0 Å². The van der Waals surface area contributed by atoms with Crippen LogP contribution in [0.2, 0.25) is 0 Å². The van der Waals surface area contributed by atoms with Crippen LogP contribution in [0.25, 0.3) is 0 Å². The molecule has 74 valence electrons. The van der Waals surface area contributed by atoms with Gasteiger partial charge in [-0.05, 0) is 19.4 Å². The van der Waals surface area contributed by atoms with Crippen LogP contribution in [-0.2, 0) is 0 Å². The average Bonchev–Trinajstić information content (AvgIpc) is 2.18. The molecule has 0 amide bonds. The number of hydrogen-bond donors (Lipinski definition) is 2. The first kappa shape index (κ1) is 10.4. The van der Waals surface area contributed by atoms with Gasteiger partial charge < -0.3 is 11.1 Å². The smallest absolute Gasteiger partial charge is 0.223 e. The molecular weight excluding hydrogens is 178 g/mol. The van der Waals surface area contributed by atoms with Crippen LogP contribution in [0.5, 0.6) is 0 Å². The van der Waals surface area contributed by atoms with Crippen molar-refractivity contribution < 1.29 is 0 Å². The number of hydrogen-bond acceptors (Lipinski definition) is 5. The number of rotatable bonds is 4. The van der Waals surface area contributed by atoms with Crippen molar-refractivity contribution >= 4 is 5.95 Å². The normalized spacial score (nSPS) is 11.8. The lowest BCUT2D eigenvalue weighted by Gasteiger charge is -2.06. The van der Waals surface area contributed by atoms with Crippen LogP contribution < -0.4 is 11.1 Å². The van der Waals surface area contributed by atoms with Crippen LogP contribution in [0.1, 0.15) is 19.0 Å². The lowest BCUT2D eigenvalue weighted by molar-refractivity contribution is 0.688. The van der Waals surface area contributed by atoms with Crippen molar-refractivity contribution in [1.82, 2.24) is 9.97 Å². The Labute approximate surface area is 83.0 Å². The first-order chi connectivity index (χ1) is 6.72. The Kier molecular flexibility index (Phi) is 3.83. The molecule has 0 aliphatic heterocycles. The number of nitrogens with two attached hydrogens (primary N) is 1. The lowest BCUT2D eigenvalue weighted by atomic mass is 10.2. The minimum Gasteiger partial charge on any atom is -0.354 e. The zero-order valence-electron chi connectivity index (χ0n) is 8.07. The summed E-state index contributed by atoms with van der Waals surface area (Å²) >= 11 is 0. The topological polar surface area (TPSA) is 87.6 Å². The summed E-state index contributed by atoms with van der Waals surface area (Å²) in [5, 5.41) is 11.6. The van der Waals surface area contributed by atoms with E-state index in [9.17, 15) is 0 Å². The lowest BCUT2D eigenvalue weighted by Crippen LogP contribution is -2.19. The maximum atomic E-state index is 8.59. The third kappa shape index (κ3) is 3.37. The third-order valence-electron chi connectivity index (χ3n) is 1.65. The second-order valence-corrected chi connectivity index (χ2v) is 3.07. The summed E-state index contributed by atoms with van der Waals surface area (Å²) in [5.41, 5.74) is 5.94. The Hall–Kier alpha value is -1.67. The van der Waals surface area contributed by atoms with E-state index in [1.807, 2.05) is 13.0 Å². The maximum absolute atomic E-state index is 8.59. The van der Waals surface area contributed by atoms with E-state index in [1.54, 1.807) is 12.3 Å². The van der Waals surface area contributed by atoms with Crippen LogP contribution in [0.3, 0.4) is 0 Å². The first-order valence-corrected chi connectivity index (χ1v) is 4.45.